The maximum atomic E-state index is 10.6. The third-order valence-electron chi connectivity index (χ3n) is 3.56. The minimum absolute atomic E-state index is 0.198. The Morgan fingerprint density at radius 1 is 1.04 bits per heavy atom. The maximum Gasteiger partial charge on any atom is 0.258 e. The van der Waals surface area contributed by atoms with E-state index in [1.54, 1.807) is 13.8 Å². The molecule has 1 aromatic carbocycles. The van der Waals surface area contributed by atoms with E-state index >= 15 is 0 Å². The molecule has 3 aromatic rings. The van der Waals surface area contributed by atoms with Crippen LogP contribution in [-0.2, 0) is 18.4 Å². The molecule has 3 rings (SSSR count). The third kappa shape index (κ3) is 3.81. The lowest BCUT2D eigenvalue weighted by Crippen LogP contribution is -2.22. The molecule has 2 heterocycles. The minimum Gasteiger partial charge on any atom is -0.380 e. The second-order valence-electron chi connectivity index (χ2n) is 5.68. The van der Waals surface area contributed by atoms with E-state index in [9.17, 15) is 5.11 Å². The first-order valence-corrected chi connectivity index (χ1v) is 7.41. The van der Waals surface area contributed by atoms with Crippen LogP contribution in [0, 0.1) is 6.92 Å². The first-order chi connectivity index (χ1) is 11.0. The Labute approximate surface area is 133 Å². The summed E-state index contributed by atoms with van der Waals surface area (Å²) < 4.78 is 10.1. The van der Waals surface area contributed by atoms with Crippen molar-refractivity contribution in [2.75, 3.05) is 0 Å². The third-order valence-corrected chi connectivity index (χ3v) is 3.56. The van der Waals surface area contributed by atoms with Gasteiger partial charge in [0, 0.05) is 6.92 Å². The molecular formula is C16H18N4O3. The minimum atomic E-state index is -1.19. The monoisotopic (exact) mass is 314 g/mol. The maximum absolute atomic E-state index is 10.6. The van der Waals surface area contributed by atoms with Gasteiger partial charge >= 0.3 is 0 Å². The van der Waals surface area contributed by atoms with Crippen molar-refractivity contribution in [3.8, 4) is 0 Å². The van der Waals surface area contributed by atoms with Crippen LogP contribution >= 0.6 is 0 Å². The lowest BCUT2D eigenvalue weighted by Gasteiger charge is -2.18. The van der Waals surface area contributed by atoms with Crippen molar-refractivity contribution in [2.45, 2.75) is 38.7 Å². The Balaban J connectivity index is 1.65. The van der Waals surface area contributed by atoms with Gasteiger partial charge in [0.15, 0.2) is 11.6 Å². The van der Waals surface area contributed by atoms with Crippen LogP contribution in [0.1, 0.15) is 42.3 Å². The van der Waals surface area contributed by atoms with Crippen LogP contribution in [0.2, 0.25) is 0 Å². The normalized spacial score (nSPS) is 13.9. The average molecular weight is 314 g/mol. The van der Waals surface area contributed by atoms with Gasteiger partial charge in [0.05, 0.1) is 6.42 Å². The van der Waals surface area contributed by atoms with Crippen LogP contribution in [0.15, 0.2) is 39.4 Å². The molecule has 0 bridgehead atoms. The van der Waals surface area contributed by atoms with Crippen LogP contribution in [0.3, 0.4) is 0 Å². The Hall–Kier alpha value is -2.54. The topological polar surface area (TPSA) is 98.1 Å². The first kappa shape index (κ1) is 15.4. The van der Waals surface area contributed by atoms with Gasteiger partial charge in [0.25, 0.3) is 5.89 Å². The molecule has 120 valence electrons. The summed E-state index contributed by atoms with van der Waals surface area (Å²) in [5.41, 5.74) is -0.0383. The van der Waals surface area contributed by atoms with Gasteiger partial charge in [0.2, 0.25) is 5.89 Å². The fourth-order valence-corrected chi connectivity index (χ4v) is 2.24. The number of nitrogens with zero attached hydrogens (tertiary/aromatic N) is 4. The molecule has 1 atom stereocenters. The van der Waals surface area contributed by atoms with E-state index in [1.165, 1.54) is 0 Å². The van der Waals surface area contributed by atoms with Gasteiger partial charge in [-0.3, -0.25) is 0 Å². The molecule has 0 unspecified atom stereocenters. The van der Waals surface area contributed by atoms with Crippen molar-refractivity contribution >= 4 is 0 Å². The lowest BCUT2D eigenvalue weighted by molar-refractivity contribution is 0.0147. The summed E-state index contributed by atoms with van der Waals surface area (Å²) in [5.74, 6) is 1.58. The zero-order valence-electron chi connectivity index (χ0n) is 13.1. The first-order valence-electron chi connectivity index (χ1n) is 7.41. The number of benzene rings is 1. The van der Waals surface area contributed by atoms with Gasteiger partial charge in [-0.25, -0.2) is 0 Å². The SMILES string of the molecule is Cc1nc(Cc2noc([C@](C)(O)CCc3ccccc3)n2)no1. The van der Waals surface area contributed by atoms with Gasteiger partial charge in [-0.05, 0) is 25.3 Å². The zero-order valence-corrected chi connectivity index (χ0v) is 13.1. The number of aliphatic hydroxyl groups is 1. The fraction of sp³-hybridized carbons (Fsp3) is 0.375. The smallest absolute Gasteiger partial charge is 0.258 e. The predicted octanol–water partition coefficient (Wildman–Crippen LogP) is 2.19. The summed E-state index contributed by atoms with van der Waals surface area (Å²) in [6.45, 7) is 3.39. The Bertz CT molecular complexity index is 764. The lowest BCUT2D eigenvalue weighted by atomic mass is 9.97. The molecule has 1 N–H and O–H groups in total. The van der Waals surface area contributed by atoms with Crippen molar-refractivity contribution in [2.24, 2.45) is 0 Å². The van der Waals surface area contributed by atoms with E-state index in [-0.39, 0.29) is 5.89 Å². The van der Waals surface area contributed by atoms with Crippen molar-refractivity contribution in [1.82, 2.24) is 20.3 Å². The van der Waals surface area contributed by atoms with Crippen molar-refractivity contribution in [1.29, 1.82) is 0 Å². The summed E-state index contributed by atoms with van der Waals surface area (Å²) in [4.78, 5) is 8.34. The number of aryl methyl sites for hydroxylation is 2. The Kier molecular flexibility index (Phi) is 4.20. The van der Waals surface area contributed by atoms with Crippen molar-refractivity contribution < 1.29 is 14.2 Å². The molecule has 2 aromatic heterocycles. The van der Waals surface area contributed by atoms with E-state index in [1.807, 2.05) is 30.3 Å². The molecule has 0 aliphatic rings. The highest BCUT2D eigenvalue weighted by Gasteiger charge is 2.30. The van der Waals surface area contributed by atoms with Crippen LogP contribution in [-0.4, -0.2) is 25.4 Å². The van der Waals surface area contributed by atoms with Crippen LogP contribution in [0.5, 0.6) is 0 Å². The molecule has 0 aliphatic carbocycles. The molecule has 0 aliphatic heterocycles. The summed E-state index contributed by atoms with van der Waals surface area (Å²) >= 11 is 0. The van der Waals surface area contributed by atoms with Crippen molar-refractivity contribution in [3.05, 3.63) is 59.3 Å². The van der Waals surface area contributed by atoms with Gasteiger partial charge in [0.1, 0.15) is 5.60 Å². The van der Waals surface area contributed by atoms with Crippen LogP contribution in [0.4, 0.5) is 0 Å². The molecule has 23 heavy (non-hydrogen) atoms. The number of rotatable bonds is 6. The number of aromatic nitrogens is 4. The van der Waals surface area contributed by atoms with E-state index in [0.717, 1.165) is 12.0 Å². The zero-order chi connectivity index (χ0) is 16.3. The Morgan fingerprint density at radius 2 is 1.74 bits per heavy atom. The van der Waals surface area contributed by atoms with Crippen molar-refractivity contribution in [3.63, 3.8) is 0 Å². The van der Waals surface area contributed by atoms with Gasteiger partial charge < -0.3 is 14.2 Å². The van der Waals surface area contributed by atoms with Crippen LogP contribution in [0.25, 0.3) is 0 Å². The standard InChI is InChI=1S/C16H18N4O3/c1-11-17-13(19-22-11)10-14-18-15(23-20-14)16(2,21)9-8-12-6-4-3-5-7-12/h3-7,21H,8-10H2,1-2H3/t16-/m1/s1. The summed E-state index contributed by atoms with van der Waals surface area (Å²) in [7, 11) is 0. The second-order valence-corrected chi connectivity index (χ2v) is 5.68. The molecule has 0 fully saturated rings. The number of hydrogen-bond donors (Lipinski definition) is 1. The summed E-state index contributed by atoms with van der Waals surface area (Å²) in [5, 5.41) is 18.2. The quantitative estimate of drug-likeness (QED) is 0.744. The average Bonchev–Trinajstić information content (AvgIpc) is 3.17. The highest BCUT2D eigenvalue weighted by Crippen LogP contribution is 2.25. The largest absolute Gasteiger partial charge is 0.380 e. The molecule has 7 heteroatoms. The predicted molar refractivity (Wildman–Crippen MR) is 80.5 cm³/mol. The number of hydrogen-bond acceptors (Lipinski definition) is 7. The van der Waals surface area contributed by atoms with Gasteiger partial charge in [-0.15, -0.1) is 0 Å². The molecule has 0 saturated heterocycles. The van der Waals surface area contributed by atoms with Gasteiger partial charge in [-0.2, -0.15) is 9.97 Å². The molecule has 0 saturated carbocycles. The highest BCUT2D eigenvalue weighted by atomic mass is 16.5. The van der Waals surface area contributed by atoms with E-state index in [4.69, 9.17) is 9.05 Å². The summed E-state index contributed by atoms with van der Waals surface area (Å²) in [6.07, 6.45) is 1.51. The van der Waals surface area contributed by atoms with E-state index in [0.29, 0.717) is 30.4 Å². The molecule has 0 radical (unpaired) electrons. The van der Waals surface area contributed by atoms with E-state index < -0.39 is 5.60 Å². The molecule has 7 nitrogen and oxygen atoms in total. The molecule has 0 amide bonds. The molecular weight excluding hydrogens is 296 g/mol. The fourth-order valence-electron chi connectivity index (χ4n) is 2.24. The van der Waals surface area contributed by atoms with Crippen LogP contribution < -0.4 is 0 Å². The highest BCUT2D eigenvalue weighted by molar-refractivity contribution is 5.15. The second kappa shape index (κ2) is 6.29. The molecule has 0 spiro atoms. The van der Waals surface area contributed by atoms with Gasteiger partial charge in [-0.1, -0.05) is 40.6 Å². The Morgan fingerprint density at radius 3 is 2.43 bits per heavy atom. The van der Waals surface area contributed by atoms with E-state index in [2.05, 4.69) is 20.3 Å². The summed E-state index contributed by atoms with van der Waals surface area (Å²) in [6, 6.07) is 9.96.